The zero-order valence-corrected chi connectivity index (χ0v) is 19.4. The topological polar surface area (TPSA) is 108 Å². The summed E-state index contributed by atoms with van der Waals surface area (Å²) in [6.07, 6.45) is 5.79. The Balaban J connectivity index is 1.45. The van der Waals surface area contributed by atoms with Crippen LogP contribution in [-0.4, -0.2) is 75.7 Å². The highest BCUT2D eigenvalue weighted by Gasteiger charge is 2.34. The van der Waals surface area contributed by atoms with Crippen molar-refractivity contribution in [2.75, 3.05) is 32.7 Å². The second-order valence-electron chi connectivity index (χ2n) is 8.95. The second kappa shape index (κ2) is 8.58. The Bertz CT molecular complexity index is 1420. The van der Waals surface area contributed by atoms with Gasteiger partial charge < -0.3 is 24.7 Å². The molecule has 1 saturated carbocycles. The van der Waals surface area contributed by atoms with Gasteiger partial charge >= 0.3 is 0 Å². The fourth-order valence-electron chi connectivity index (χ4n) is 4.91. The fraction of sp³-hybridized carbons (Fsp3) is 0.417. The van der Waals surface area contributed by atoms with Gasteiger partial charge in [0.15, 0.2) is 5.65 Å². The van der Waals surface area contributed by atoms with E-state index in [0.29, 0.717) is 28.4 Å². The Morgan fingerprint density at radius 2 is 2.17 bits per heavy atom. The summed E-state index contributed by atoms with van der Waals surface area (Å²) in [5, 5.41) is 11.4. The van der Waals surface area contributed by atoms with Crippen molar-refractivity contribution in [1.29, 1.82) is 0 Å². The maximum absolute atomic E-state index is 14.6. The van der Waals surface area contributed by atoms with Crippen LogP contribution in [0.25, 0.3) is 27.9 Å². The van der Waals surface area contributed by atoms with Gasteiger partial charge in [0.25, 0.3) is 5.91 Å². The molecule has 35 heavy (non-hydrogen) atoms. The molecule has 4 atom stereocenters. The molecule has 0 unspecified atom stereocenters. The highest BCUT2D eigenvalue weighted by atomic mass is 19.1. The number of nitrogens with one attached hydrogen (secondary N) is 2. The molecule has 5 heterocycles. The predicted molar refractivity (Wildman–Crippen MR) is 127 cm³/mol. The minimum atomic E-state index is -1.11. The van der Waals surface area contributed by atoms with Gasteiger partial charge in [0.1, 0.15) is 23.2 Å². The quantitative estimate of drug-likeness (QED) is 0.438. The van der Waals surface area contributed by atoms with Crippen LogP contribution in [-0.2, 0) is 9.47 Å². The number of alkyl halides is 1. The van der Waals surface area contributed by atoms with Crippen LogP contribution in [0.3, 0.4) is 0 Å². The summed E-state index contributed by atoms with van der Waals surface area (Å²) >= 11 is 0. The summed E-state index contributed by atoms with van der Waals surface area (Å²) < 4.78 is 28.8. The van der Waals surface area contributed by atoms with E-state index >= 15 is 0 Å². The van der Waals surface area contributed by atoms with E-state index in [-0.39, 0.29) is 31.3 Å². The molecule has 1 saturated heterocycles. The number of carbonyl (C=O) groups excluding carboxylic acids is 1. The molecule has 1 aliphatic heterocycles. The number of halogens is 1. The number of amides is 1. The zero-order valence-electron chi connectivity index (χ0n) is 19.4. The molecule has 10 nitrogen and oxygen atoms in total. The predicted octanol–water partition coefficient (Wildman–Crippen LogP) is 2.60. The van der Waals surface area contributed by atoms with Crippen LogP contribution in [0.5, 0.6) is 0 Å². The Morgan fingerprint density at radius 1 is 1.29 bits per heavy atom. The Morgan fingerprint density at radius 3 is 2.89 bits per heavy atom. The SMILES string of the molecule is CNc1cc(-c2cn([C@@H]3COC[C@@H]3F)c3ncccc23)nc2c(C(=O)N[C@H]3CC[C@@H]3OC)cnn12. The maximum atomic E-state index is 14.6. The first-order valence-corrected chi connectivity index (χ1v) is 11.7. The number of aromatic nitrogens is 5. The minimum absolute atomic E-state index is 0.0229. The molecular weight excluding hydrogens is 453 g/mol. The van der Waals surface area contributed by atoms with Crippen LogP contribution in [0, 0.1) is 0 Å². The van der Waals surface area contributed by atoms with Gasteiger partial charge in [-0.15, -0.1) is 0 Å². The molecule has 4 aromatic heterocycles. The number of methoxy groups -OCH3 is 1. The molecule has 11 heteroatoms. The molecule has 6 rings (SSSR count). The van der Waals surface area contributed by atoms with Crippen LogP contribution in [0.1, 0.15) is 29.2 Å². The lowest BCUT2D eigenvalue weighted by molar-refractivity contribution is 0.00732. The molecule has 2 fully saturated rings. The van der Waals surface area contributed by atoms with Crippen molar-refractivity contribution >= 4 is 28.4 Å². The summed E-state index contributed by atoms with van der Waals surface area (Å²) in [4.78, 5) is 22.5. The van der Waals surface area contributed by atoms with Gasteiger partial charge in [0.2, 0.25) is 0 Å². The van der Waals surface area contributed by atoms with Crippen molar-refractivity contribution in [3.63, 3.8) is 0 Å². The first-order valence-electron chi connectivity index (χ1n) is 11.7. The molecule has 0 spiro atoms. The van der Waals surface area contributed by atoms with E-state index in [9.17, 15) is 9.18 Å². The third-order valence-electron chi connectivity index (χ3n) is 7.01. The maximum Gasteiger partial charge on any atom is 0.257 e. The highest BCUT2D eigenvalue weighted by molar-refractivity contribution is 6.01. The molecule has 2 N–H and O–H groups in total. The fourth-order valence-corrected chi connectivity index (χ4v) is 4.91. The Kier molecular flexibility index (Phi) is 5.37. The smallest absolute Gasteiger partial charge is 0.257 e. The molecule has 182 valence electrons. The largest absolute Gasteiger partial charge is 0.379 e. The number of fused-ring (bicyclic) bond motifs is 2. The first-order chi connectivity index (χ1) is 17.1. The molecule has 4 aromatic rings. The van der Waals surface area contributed by atoms with Crippen LogP contribution < -0.4 is 10.6 Å². The van der Waals surface area contributed by atoms with Crippen molar-refractivity contribution in [3.8, 4) is 11.3 Å². The van der Waals surface area contributed by atoms with Gasteiger partial charge in [-0.1, -0.05) is 0 Å². The lowest BCUT2D eigenvalue weighted by atomic mass is 9.89. The van der Waals surface area contributed by atoms with E-state index in [2.05, 4.69) is 20.7 Å². The lowest BCUT2D eigenvalue weighted by Gasteiger charge is -2.35. The van der Waals surface area contributed by atoms with Gasteiger partial charge in [-0.05, 0) is 25.0 Å². The van der Waals surface area contributed by atoms with E-state index in [1.54, 1.807) is 24.9 Å². The molecule has 0 aromatic carbocycles. The highest BCUT2D eigenvalue weighted by Crippen LogP contribution is 2.35. The molecule has 0 radical (unpaired) electrons. The van der Waals surface area contributed by atoms with E-state index in [4.69, 9.17) is 14.5 Å². The van der Waals surface area contributed by atoms with Gasteiger partial charge in [0, 0.05) is 43.6 Å². The van der Waals surface area contributed by atoms with E-state index in [1.165, 1.54) is 6.20 Å². The number of pyridine rings is 1. The van der Waals surface area contributed by atoms with Crippen molar-refractivity contribution in [2.24, 2.45) is 0 Å². The Hall–Kier alpha value is -3.57. The summed E-state index contributed by atoms with van der Waals surface area (Å²) in [5.41, 5.74) is 2.88. The Labute approximate surface area is 200 Å². The third-order valence-corrected chi connectivity index (χ3v) is 7.01. The molecule has 2 aliphatic rings. The number of carbonyl (C=O) groups is 1. The number of rotatable bonds is 6. The molecular formula is C24H26FN7O3. The summed E-state index contributed by atoms with van der Waals surface area (Å²) in [6, 6.07) is 5.16. The van der Waals surface area contributed by atoms with Crippen LogP contribution in [0.2, 0.25) is 0 Å². The average Bonchev–Trinajstić information content (AvgIpc) is 3.57. The zero-order chi connectivity index (χ0) is 24.1. The van der Waals surface area contributed by atoms with Gasteiger partial charge in [-0.3, -0.25) is 4.79 Å². The van der Waals surface area contributed by atoms with Crippen molar-refractivity contribution in [2.45, 2.75) is 37.2 Å². The van der Waals surface area contributed by atoms with Crippen molar-refractivity contribution in [1.82, 2.24) is 29.5 Å². The summed E-state index contributed by atoms with van der Waals surface area (Å²) in [7, 11) is 3.44. The average molecular weight is 480 g/mol. The molecule has 1 aliphatic carbocycles. The van der Waals surface area contributed by atoms with E-state index < -0.39 is 12.2 Å². The summed E-state index contributed by atoms with van der Waals surface area (Å²) in [5.74, 6) is 0.422. The van der Waals surface area contributed by atoms with E-state index in [1.807, 2.05) is 29.0 Å². The van der Waals surface area contributed by atoms with Gasteiger partial charge in [0.05, 0.1) is 43.3 Å². The number of ether oxygens (including phenoxy) is 2. The lowest BCUT2D eigenvalue weighted by Crippen LogP contribution is -2.51. The van der Waals surface area contributed by atoms with Gasteiger partial charge in [-0.25, -0.2) is 14.4 Å². The number of anilines is 1. The van der Waals surface area contributed by atoms with E-state index in [0.717, 1.165) is 23.8 Å². The van der Waals surface area contributed by atoms with Crippen LogP contribution >= 0.6 is 0 Å². The standard InChI is InChI=1S/C24H26FN7O3/c1-26-21-8-18(15-10-31(19-12-35-11-16(19)25)22-13(15)4-3-7-27-22)29-23-14(9-28-32(21)23)24(33)30-17-5-6-20(17)34-2/h3-4,7-10,16-17,19-20,26H,5-6,11-12H2,1-2H3,(H,30,33)/t16-,17-,19+,20-/m0/s1. The first kappa shape index (κ1) is 21.9. The third kappa shape index (κ3) is 3.53. The molecule has 0 bridgehead atoms. The number of hydrogen-bond donors (Lipinski definition) is 2. The normalized spacial score (nSPS) is 24.1. The minimum Gasteiger partial charge on any atom is -0.379 e. The van der Waals surface area contributed by atoms with Gasteiger partial charge in [-0.2, -0.15) is 9.61 Å². The number of hydrogen-bond acceptors (Lipinski definition) is 7. The monoisotopic (exact) mass is 479 g/mol. The second-order valence-corrected chi connectivity index (χ2v) is 8.95. The van der Waals surface area contributed by atoms with Crippen molar-refractivity contribution in [3.05, 3.63) is 42.4 Å². The van der Waals surface area contributed by atoms with Crippen LogP contribution in [0.4, 0.5) is 10.2 Å². The van der Waals surface area contributed by atoms with Crippen molar-refractivity contribution < 1.29 is 18.7 Å². The van der Waals surface area contributed by atoms with Crippen LogP contribution in [0.15, 0.2) is 36.8 Å². The summed E-state index contributed by atoms with van der Waals surface area (Å²) in [6.45, 7) is 0.353. The number of nitrogens with zero attached hydrogens (tertiary/aromatic N) is 5. The molecule has 1 amide bonds.